The van der Waals surface area contributed by atoms with E-state index in [4.69, 9.17) is 9.47 Å². The first-order valence-electron chi connectivity index (χ1n) is 10.3. The number of rotatable bonds is 9. The van der Waals surface area contributed by atoms with Gasteiger partial charge in [-0.1, -0.05) is 0 Å². The van der Waals surface area contributed by atoms with E-state index in [1.807, 2.05) is 25.7 Å². The van der Waals surface area contributed by atoms with Crippen LogP contribution in [0.15, 0.2) is 4.99 Å². The molecule has 0 aromatic heterocycles. The number of hydrogen-bond donors (Lipinski definition) is 2. The number of hydrogen-bond acceptors (Lipinski definition) is 5. The summed E-state index contributed by atoms with van der Waals surface area (Å²) in [4.78, 5) is 20.5. The SMILES string of the molecule is CN=C(NCCN(C)CCCOC)NCC1CCN(C(=O)OC(C)(C)C)CC1. The molecular weight excluding hydrogens is 358 g/mol. The molecule has 28 heavy (non-hydrogen) atoms. The van der Waals surface area contributed by atoms with Gasteiger partial charge in [-0.3, -0.25) is 4.99 Å². The van der Waals surface area contributed by atoms with Crippen molar-refractivity contribution in [3.05, 3.63) is 0 Å². The second-order valence-electron chi connectivity index (χ2n) is 8.44. The number of guanidine groups is 1. The molecule has 1 saturated heterocycles. The third kappa shape index (κ3) is 10.7. The van der Waals surface area contributed by atoms with E-state index in [1.54, 1.807) is 14.2 Å². The molecule has 0 saturated carbocycles. The van der Waals surface area contributed by atoms with Gasteiger partial charge in [0.05, 0.1) is 0 Å². The average Bonchev–Trinajstić information content (AvgIpc) is 2.63. The lowest BCUT2D eigenvalue weighted by Crippen LogP contribution is -2.46. The Hall–Kier alpha value is -1.54. The summed E-state index contributed by atoms with van der Waals surface area (Å²) in [5.74, 6) is 1.37. The Labute approximate surface area is 171 Å². The molecule has 1 amide bonds. The molecule has 1 aliphatic heterocycles. The largest absolute Gasteiger partial charge is 0.444 e. The van der Waals surface area contributed by atoms with Crippen LogP contribution < -0.4 is 10.6 Å². The third-order valence-corrected chi connectivity index (χ3v) is 4.72. The predicted octanol–water partition coefficient (Wildman–Crippen LogP) is 1.77. The van der Waals surface area contributed by atoms with Gasteiger partial charge in [0.25, 0.3) is 0 Å². The number of piperidine rings is 1. The number of methoxy groups -OCH3 is 1. The normalized spacial score (nSPS) is 16.4. The maximum atomic E-state index is 12.1. The van der Waals surface area contributed by atoms with Crippen LogP contribution in [0.2, 0.25) is 0 Å². The molecule has 0 atom stereocenters. The van der Waals surface area contributed by atoms with E-state index in [2.05, 4.69) is 27.6 Å². The van der Waals surface area contributed by atoms with Crippen molar-refractivity contribution in [3.8, 4) is 0 Å². The van der Waals surface area contributed by atoms with Gasteiger partial charge in [0.1, 0.15) is 5.60 Å². The predicted molar refractivity (Wildman–Crippen MR) is 114 cm³/mol. The second kappa shape index (κ2) is 12.8. The number of likely N-dealkylation sites (tertiary alicyclic amines) is 1. The quantitative estimate of drug-likeness (QED) is 0.349. The first-order chi connectivity index (χ1) is 13.2. The second-order valence-corrected chi connectivity index (χ2v) is 8.44. The van der Waals surface area contributed by atoms with E-state index in [1.165, 1.54) is 0 Å². The van der Waals surface area contributed by atoms with Gasteiger partial charge in [-0.15, -0.1) is 0 Å². The number of ether oxygens (including phenoxy) is 2. The highest BCUT2D eigenvalue weighted by Crippen LogP contribution is 2.19. The highest BCUT2D eigenvalue weighted by molar-refractivity contribution is 5.79. The van der Waals surface area contributed by atoms with Gasteiger partial charge in [0.15, 0.2) is 5.96 Å². The maximum Gasteiger partial charge on any atom is 0.410 e. The topological polar surface area (TPSA) is 78.4 Å². The van der Waals surface area contributed by atoms with Crippen molar-refractivity contribution < 1.29 is 14.3 Å². The summed E-state index contributed by atoms with van der Waals surface area (Å²) < 4.78 is 10.5. The highest BCUT2D eigenvalue weighted by Gasteiger charge is 2.26. The molecular formula is C20H41N5O3. The fourth-order valence-electron chi connectivity index (χ4n) is 3.06. The van der Waals surface area contributed by atoms with E-state index in [0.29, 0.717) is 5.92 Å². The number of aliphatic imine (C=N–C) groups is 1. The highest BCUT2D eigenvalue weighted by atomic mass is 16.6. The summed E-state index contributed by atoms with van der Waals surface area (Å²) in [5.41, 5.74) is -0.439. The Bertz CT molecular complexity index is 471. The summed E-state index contributed by atoms with van der Waals surface area (Å²) in [5, 5.41) is 6.78. The Morgan fingerprint density at radius 3 is 2.46 bits per heavy atom. The van der Waals surface area contributed by atoms with Crippen LogP contribution in [0.25, 0.3) is 0 Å². The van der Waals surface area contributed by atoms with E-state index in [0.717, 1.165) is 71.1 Å². The monoisotopic (exact) mass is 399 g/mol. The molecule has 1 rings (SSSR count). The van der Waals surface area contributed by atoms with Gasteiger partial charge in [-0.05, 0) is 53.0 Å². The van der Waals surface area contributed by atoms with Crippen LogP contribution >= 0.6 is 0 Å². The van der Waals surface area contributed by atoms with Gasteiger partial charge in [-0.2, -0.15) is 0 Å². The van der Waals surface area contributed by atoms with E-state index in [-0.39, 0.29) is 6.09 Å². The van der Waals surface area contributed by atoms with E-state index in [9.17, 15) is 4.79 Å². The van der Waals surface area contributed by atoms with Crippen LogP contribution in [-0.2, 0) is 9.47 Å². The number of carbonyl (C=O) groups is 1. The average molecular weight is 400 g/mol. The summed E-state index contributed by atoms with van der Waals surface area (Å²) in [7, 11) is 5.65. The van der Waals surface area contributed by atoms with Crippen LogP contribution in [0.4, 0.5) is 4.79 Å². The van der Waals surface area contributed by atoms with Gasteiger partial charge < -0.3 is 29.9 Å². The molecule has 0 aromatic carbocycles. The summed E-state index contributed by atoms with van der Waals surface area (Å²) in [6.07, 6.45) is 2.80. The molecule has 8 heteroatoms. The van der Waals surface area contributed by atoms with Crippen molar-refractivity contribution in [2.75, 3.05) is 67.1 Å². The number of carbonyl (C=O) groups excluding carboxylic acids is 1. The zero-order chi connectivity index (χ0) is 21.0. The minimum atomic E-state index is -0.439. The summed E-state index contributed by atoms with van der Waals surface area (Å²) in [6, 6.07) is 0. The Morgan fingerprint density at radius 1 is 1.21 bits per heavy atom. The van der Waals surface area contributed by atoms with Gasteiger partial charge in [-0.25, -0.2) is 4.79 Å². The lowest BCUT2D eigenvalue weighted by molar-refractivity contribution is 0.0185. The molecule has 0 spiro atoms. The van der Waals surface area contributed by atoms with Crippen molar-refractivity contribution in [2.24, 2.45) is 10.9 Å². The molecule has 164 valence electrons. The fraction of sp³-hybridized carbons (Fsp3) is 0.900. The number of nitrogens with zero attached hydrogens (tertiary/aromatic N) is 3. The van der Waals surface area contributed by atoms with E-state index < -0.39 is 5.60 Å². The molecule has 0 aromatic rings. The van der Waals surface area contributed by atoms with Crippen LogP contribution in [0.5, 0.6) is 0 Å². The molecule has 8 nitrogen and oxygen atoms in total. The minimum Gasteiger partial charge on any atom is -0.444 e. The van der Waals surface area contributed by atoms with Crippen molar-refractivity contribution in [3.63, 3.8) is 0 Å². The van der Waals surface area contributed by atoms with Gasteiger partial charge in [0.2, 0.25) is 0 Å². The first kappa shape index (κ1) is 24.5. The van der Waals surface area contributed by atoms with Crippen molar-refractivity contribution in [2.45, 2.75) is 45.6 Å². The lowest BCUT2D eigenvalue weighted by Gasteiger charge is -2.33. The number of likely N-dealkylation sites (N-methyl/N-ethyl adjacent to an activating group) is 1. The van der Waals surface area contributed by atoms with Crippen LogP contribution in [0.3, 0.4) is 0 Å². The molecule has 0 radical (unpaired) electrons. The van der Waals surface area contributed by atoms with Crippen molar-refractivity contribution >= 4 is 12.1 Å². The molecule has 0 bridgehead atoms. The molecule has 1 aliphatic rings. The molecule has 0 aliphatic carbocycles. The van der Waals surface area contributed by atoms with Crippen molar-refractivity contribution in [1.29, 1.82) is 0 Å². The van der Waals surface area contributed by atoms with Crippen LogP contribution in [0.1, 0.15) is 40.0 Å². The zero-order valence-corrected chi connectivity index (χ0v) is 18.7. The van der Waals surface area contributed by atoms with Crippen LogP contribution in [-0.4, -0.2) is 94.5 Å². The number of nitrogens with one attached hydrogen (secondary N) is 2. The van der Waals surface area contributed by atoms with E-state index >= 15 is 0 Å². The minimum absolute atomic E-state index is 0.203. The summed E-state index contributed by atoms with van der Waals surface area (Å²) in [6.45, 7) is 11.7. The molecule has 1 heterocycles. The van der Waals surface area contributed by atoms with Gasteiger partial charge in [0, 0.05) is 60.0 Å². The zero-order valence-electron chi connectivity index (χ0n) is 18.7. The maximum absolute atomic E-state index is 12.1. The Kier molecular flexibility index (Phi) is 11.2. The number of amides is 1. The van der Waals surface area contributed by atoms with Gasteiger partial charge >= 0.3 is 6.09 Å². The molecule has 2 N–H and O–H groups in total. The third-order valence-electron chi connectivity index (χ3n) is 4.72. The van der Waals surface area contributed by atoms with Crippen molar-refractivity contribution in [1.82, 2.24) is 20.4 Å². The molecule has 0 unspecified atom stereocenters. The van der Waals surface area contributed by atoms with Crippen LogP contribution in [0, 0.1) is 5.92 Å². The first-order valence-corrected chi connectivity index (χ1v) is 10.3. The smallest absolute Gasteiger partial charge is 0.410 e. The molecule has 1 fully saturated rings. The Balaban J connectivity index is 2.20. The fourth-order valence-corrected chi connectivity index (χ4v) is 3.06. The standard InChI is InChI=1S/C20H41N5O3/c1-20(2,3)28-19(26)25-12-8-17(9-13-25)16-23-18(21-4)22-10-14-24(5)11-7-15-27-6/h17H,7-16H2,1-6H3,(H2,21,22,23). The lowest BCUT2D eigenvalue weighted by atomic mass is 9.97. The summed E-state index contributed by atoms with van der Waals surface area (Å²) >= 11 is 0. The Morgan fingerprint density at radius 2 is 1.89 bits per heavy atom.